The predicted molar refractivity (Wildman–Crippen MR) is 107 cm³/mol. The number of piperidine rings is 1. The molecule has 2 saturated heterocycles. The first-order chi connectivity index (χ1) is 11.3. The maximum atomic E-state index is 6.07. The Hall–Kier alpha value is -0.120. The Morgan fingerprint density at radius 1 is 1.25 bits per heavy atom. The lowest BCUT2D eigenvalue weighted by Crippen LogP contribution is -2.48. The van der Waals surface area contributed by atoms with Crippen LogP contribution in [0.4, 0.5) is 0 Å². The van der Waals surface area contributed by atoms with Crippen LogP contribution in [0.2, 0.25) is 0 Å². The number of aliphatic imine (C=N–C) groups is 1. The molecule has 7 heteroatoms. The summed E-state index contributed by atoms with van der Waals surface area (Å²) in [5.41, 5.74) is 0. The second-order valence-corrected chi connectivity index (χ2v) is 6.18. The van der Waals surface area contributed by atoms with E-state index < -0.39 is 0 Å². The number of likely N-dealkylation sites (tertiary alicyclic amines) is 1. The zero-order valence-corrected chi connectivity index (χ0v) is 17.5. The number of nitrogens with zero attached hydrogens (tertiary/aromatic N) is 2. The zero-order valence-electron chi connectivity index (χ0n) is 15.2. The van der Waals surface area contributed by atoms with Gasteiger partial charge in [0.25, 0.3) is 0 Å². The fourth-order valence-electron chi connectivity index (χ4n) is 3.13. The first-order valence-electron chi connectivity index (χ1n) is 9.10. The lowest BCUT2D eigenvalue weighted by atomic mass is 10.1. The molecule has 0 radical (unpaired) electrons. The van der Waals surface area contributed by atoms with Gasteiger partial charge >= 0.3 is 0 Å². The van der Waals surface area contributed by atoms with Gasteiger partial charge in [0.2, 0.25) is 0 Å². The summed E-state index contributed by atoms with van der Waals surface area (Å²) in [7, 11) is 1.84. The lowest BCUT2D eigenvalue weighted by molar-refractivity contribution is -0.0721. The topological polar surface area (TPSA) is 55.3 Å². The first-order valence-corrected chi connectivity index (χ1v) is 9.10. The second-order valence-electron chi connectivity index (χ2n) is 6.18. The van der Waals surface area contributed by atoms with Crippen molar-refractivity contribution in [2.45, 2.75) is 51.2 Å². The Bertz CT molecular complexity index is 344. The van der Waals surface area contributed by atoms with Gasteiger partial charge in [0.05, 0.1) is 25.4 Å². The molecule has 2 heterocycles. The van der Waals surface area contributed by atoms with Gasteiger partial charge in [0.15, 0.2) is 5.96 Å². The molecule has 0 aromatic heterocycles. The van der Waals surface area contributed by atoms with Gasteiger partial charge in [-0.1, -0.05) is 0 Å². The van der Waals surface area contributed by atoms with Crippen LogP contribution in [0.25, 0.3) is 0 Å². The number of ether oxygens (including phenoxy) is 3. The summed E-state index contributed by atoms with van der Waals surface area (Å²) < 4.78 is 17.2. The molecule has 0 spiro atoms. The van der Waals surface area contributed by atoms with E-state index in [0.717, 1.165) is 71.3 Å². The van der Waals surface area contributed by atoms with Crippen molar-refractivity contribution in [3.63, 3.8) is 0 Å². The summed E-state index contributed by atoms with van der Waals surface area (Å²) in [6.45, 7) is 7.93. The van der Waals surface area contributed by atoms with Crippen LogP contribution in [0.1, 0.15) is 39.0 Å². The molecule has 0 aromatic carbocycles. The number of halogens is 1. The van der Waals surface area contributed by atoms with Crippen molar-refractivity contribution in [2.75, 3.05) is 53.1 Å². The molecule has 1 unspecified atom stereocenters. The van der Waals surface area contributed by atoms with Crippen molar-refractivity contribution < 1.29 is 14.2 Å². The SMILES string of the molecule is CCOCCNC(=NC)N1CCC(OCC2CCCCO2)CC1.I. The smallest absolute Gasteiger partial charge is 0.193 e. The van der Waals surface area contributed by atoms with Crippen LogP contribution in [0.15, 0.2) is 4.99 Å². The maximum absolute atomic E-state index is 6.07. The Morgan fingerprint density at radius 2 is 2.04 bits per heavy atom. The minimum Gasteiger partial charge on any atom is -0.380 e. The maximum Gasteiger partial charge on any atom is 0.193 e. The van der Waals surface area contributed by atoms with Gasteiger partial charge in [-0.05, 0) is 39.0 Å². The largest absolute Gasteiger partial charge is 0.380 e. The number of hydrogen-bond acceptors (Lipinski definition) is 4. The standard InChI is InChI=1S/C17H33N3O3.HI/c1-3-21-13-9-19-17(18-2)20-10-7-15(8-11-20)23-14-16-6-4-5-12-22-16;/h15-16H,3-14H2,1-2H3,(H,18,19);1H. The van der Waals surface area contributed by atoms with E-state index in [1.807, 2.05) is 14.0 Å². The molecule has 0 saturated carbocycles. The summed E-state index contributed by atoms with van der Waals surface area (Å²) in [5, 5.41) is 3.36. The Kier molecular flexibility index (Phi) is 12.0. The van der Waals surface area contributed by atoms with E-state index >= 15 is 0 Å². The number of guanidine groups is 1. The molecule has 0 aromatic rings. The highest BCUT2D eigenvalue weighted by atomic mass is 127. The highest BCUT2D eigenvalue weighted by Gasteiger charge is 2.23. The number of rotatable bonds is 7. The molecule has 6 nitrogen and oxygen atoms in total. The van der Waals surface area contributed by atoms with Gasteiger partial charge < -0.3 is 24.4 Å². The molecule has 1 atom stereocenters. The molecule has 24 heavy (non-hydrogen) atoms. The van der Waals surface area contributed by atoms with Crippen LogP contribution in [0.3, 0.4) is 0 Å². The average Bonchev–Trinajstić information content (AvgIpc) is 2.62. The van der Waals surface area contributed by atoms with Crippen LogP contribution >= 0.6 is 24.0 Å². The zero-order chi connectivity index (χ0) is 16.3. The van der Waals surface area contributed by atoms with Gasteiger partial charge in [-0.15, -0.1) is 24.0 Å². The predicted octanol–water partition coefficient (Wildman–Crippen LogP) is 2.27. The van der Waals surface area contributed by atoms with Gasteiger partial charge in [0, 0.05) is 39.9 Å². The van der Waals surface area contributed by atoms with E-state index in [2.05, 4.69) is 15.2 Å². The monoisotopic (exact) mass is 455 g/mol. The third-order valence-electron chi connectivity index (χ3n) is 4.48. The number of nitrogens with one attached hydrogen (secondary N) is 1. The van der Waals surface area contributed by atoms with Crippen LogP contribution in [-0.4, -0.2) is 76.2 Å². The normalized spacial score (nSPS) is 23.0. The summed E-state index contributed by atoms with van der Waals surface area (Å²) in [6.07, 6.45) is 6.40. The fraction of sp³-hybridized carbons (Fsp3) is 0.941. The van der Waals surface area contributed by atoms with Crippen molar-refractivity contribution >= 4 is 29.9 Å². The average molecular weight is 455 g/mol. The minimum absolute atomic E-state index is 0. The molecule has 2 rings (SSSR count). The third-order valence-corrected chi connectivity index (χ3v) is 4.48. The molecule has 142 valence electrons. The lowest BCUT2D eigenvalue weighted by Gasteiger charge is -2.35. The van der Waals surface area contributed by atoms with Crippen molar-refractivity contribution in [2.24, 2.45) is 4.99 Å². The third kappa shape index (κ3) is 7.84. The quantitative estimate of drug-likeness (QED) is 0.276. The van der Waals surface area contributed by atoms with Crippen molar-refractivity contribution in [3.05, 3.63) is 0 Å². The molecular weight excluding hydrogens is 421 g/mol. The molecule has 0 bridgehead atoms. The van der Waals surface area contributed by atoms with E-state index in [4.69, 9.17) is 14.2 Å². The minimum atomic E-state index is 0. The van der Waals surface area contributed by atoms with E-state index in [1.165, 1.54) is 12.8 Å². The molecule has 2 aliphatic heterocycles. The summed E-state index contributed by atoms with van der Waals surface area (Å²) >= 11 is 0. The van der Waals surface area contributed by atoms with Gasteiger partial charge in [-0.2, -0.15) is 0 Å². The Morgan fingerprint density at radius 3 is 2.67 bits per heavy atom. The second kappa shape index (κ2) is 13.1. The molecule has 0 amide bonds. The number of hydrogen-bond donors (Lipinski definition) is 1. The summed E-state index contributed by atoms with van der Waals surface area (Å²) in [5.74, 6) is 0.971. The van der Waals surface area contributed by atoms with E-state index in [0.29, 0.717) is 12.2 Å². The summed E-state index contributed by atoms with van der Waals surface area (Å²) in [6, 6.07) is 0. The van der Waals surface area contributed by atoms with Gasteiger partial charge in [-0.25, -0.2) is 0 Å². The van der Waals surface area contributed by atoms with Crippen molar-refractivity contribution in [1.82, 2.24) is 10.2 Å². The van der Waals surface area contributed by atoms with Gasteiger partial charge in [-0.3, -0.25) is 4.99 Å². The highest BCUT2D eigenvalue weighted by molar-refractivity contribution is 14.0. The Balaban J connectivity index is 0.00000288. The highest BCUT2D eigenvalue weighted by Crippen LogP contribution is 2.17. The first kappa shape index (κ1) is 21.9. The molecule has 1 N–H and O–H groups in total. The molecule has 2 aliphatic rings. The van der Waals surface area contributed by atoms with Crippen LogP contribution in [0, 0.1) is 0 Å². The van der Waals surface area contributed by atoms with E-state index in [9.17, 15) is 0 Å². The van der Waals surface area contributed by atoms with Crippen LogP contribution < -0.4 is 5.32 Å². The van der Waals surface area contributed by atoms with Crippen LogP contribution in [0.5, 0.6) is 0 Å². The van der Waals surface area contributed by atoms with Crippen molar-refractivity contribution in [3.8, 4) is 0 Å². The molecule has 0 aliphatic carbocycles. The van der Waals surface area contributed by atoms with E-state index in [-0.39, 0.29) is 24.0 Å². The Labute approximate surface area is 163 Å². The van der Waals surface area contributed by atoms with E-state index in [1.54, 1.807) is 0 Å². The van der Waals surface area contributed by atoms with Crippen molar-refractivity contribution in [1.29, 1.82) is 0 Å². The van der Waals surface area contributed by atoms with Gasteiger partial charge in [0.1, 0.15) is 0 Å². The fourth-order valence-corrected chi connectivity index (χ4v) is 3.13. The summed E-state index contributed by atoms with van der Waals surface area (Å²) in [4.78, 5) is 6.68. The molecular formula is C17H34IN3O3. The van der Waals surface area contributed by atoms with Crippen LogP contribution in [-0.2, 0) is 14.2 Å². The molecule has 2 fully saturated rings.